The van der Waals surface area contributed by atoms with Gasteiger partial charge in [0, 0.05) is 33.7 Å². The molecule has 7 nitrogen and oxygen atoms in total. The van der Waals surface area contributed by atoms with Gasteiger partial charge in [-0.25, -0.2) is 8.42 Å². The van der Waals surface area contributed by atoms with E-state index in [1.54, 1.807) is 68.4 Å². The number of hydrogen-bond donors (Lipinski definition) is 1. The third-order valence-corrected chi connectivity index (χ3v) is 9.08. The van der Waals surface area contributed by atoms with Crippen LogP contribution in [0.4, 0.5) is 5.69 Å². The molecule has 214 valence electrons. The lowest BCUT2D eigenvalue weighted by molar-refractivity contribution is -0.140. The number of carbonyl (C=O) groups is 2. The number of nitrogens with one attached hydrogen (secondary N) is 1. The molecule has 1 N–H and O–H groups in total. The molecule has 0 aromatic heterocycles. The highest BCUT2D eigenvalue weighted by Gasteiger charge is 2.34. The zero-order chi connectivity index (χ0) is 29.4. The number of benzene rings is 3. The molecule has 0 bridgehead atoms. The molecule has 0 aliphatic heterocycles. The van der Waals surface area contributed by atoms with Crippen LogP contribution in [-0.4, -0.2) is 44.3 Å². The fraction of sp³-hybridized carbons (Fsp3) is 0.310. The molecule has 0 spiro atoms. The van der Waals surface area contributed by atoms with E-state index in [1.165, 1.54) is 17.0 Å². The topological polar surface area (TPSA) is 86.8 Å². The molecule has 2 amide bonds. The summed E-state index contributed by atoms with van der Waals surface area (Å²) in [6.45, 7) is 5.20. The van der Waals surface area contributed by atoms with Crippen molar-refractivity contribution in [2.75, 3.05) is 17.4 Å². The lowest BCUT2D eigenvalue weighted by Crippen LogP contribution is -2.52. The molecule has 3 rings (SSSR count). The van der Waals surface area contributed by atoms with Gasteiger partial charge in [-0.15, -0.1) is 0 Å². The normalized spacial score (nSPS) is 12.1. The number of nitrogens with zero attached hydrogens (tertiary/aromatic N) is 2. The van der Waals surface area contributed by atoms with Crippen LogP contribution in [0, 0.1) is 6.92 Å². The predicted octanol–water partition coefficient (Wildman–Crippen LogP) is 6.48. The highest BCUT2D eigenvalue weighted by molar-refractivity contribution is 7.92. The molecule has 0 heterocycles. The summed E-state index contributed by atoms with van der Waals surface area (Å²) >= 11 is 19.0. The van der Waals surface area contributed by atoms with Gasteiger partial charge in [0.05, 0.1) is 10.6 Å². The number of anilines is 1. The van der Waals surface area contributed by atoms with E-state index >= 15 is 0 Å². The Morgan fingerprint density at radius 1 is 0.925 bits per heavy atom. The zero-order valence-electron chi connectivity index (χ0n) is 22.5. The van der Waals surface area contributed by atoms with Gasteiger partial charge in [0.1, 0.15) is 12.6 Å². The maximum atomic E-state index is 14.1. The number of sulfonamides is 1. The number of rotatable bonds is 12. The van der Waals surface area contributed by atoms with Gasteiger partial charge in [-0.3, -0.25) is 13.9 Å². The van der Waals surface area contributed by atoms with Gasteiger partial charge in [0.25, 0.3) is 10.0 Å². The molecule has 0 unspecified atom stereocenters. The van der Waals surface area contributed by atoms with Crippen LogP contribution in [-0.2, 0) is 26.2 Å². The second-order valence-electron chi connectivity index (χ2n) is 9.19. The van der Waals surface area contributed by atoms with Crippen molar-refractivity contribution in [1.29, 1.82) is 0 Å². The SMILES string of the molecule is CCCNC(=O)[C@H](CC)N(Cc1c(Cl)cccc1Cl)C(=O)CN(c1ccc(Cl)cc1C)S(=O)(=O)c1ccccc1. The fourth-order valence-corrected chi connectivity index (χ4v) is 6.51. The number of amides is 2. The first-order valence-corrected chi connectivity index (χ1v) is 15.4. The summed E-state index contributed by atoms with van der Waals surface area (Å²) in [4.78, 5) is 28.7. The molecule has 0 aliphatic rings. The summed E-state index contributed by atoms with van der Waals surface area (Å²) in [6, 6.07) is 16.7. The van der Waals surface area contributed by atoms with E-state index in [2.05, 4.69) is 5.32 Å². The molecule has 0 saturated heterocycles. The number of aryl methyl sites for hydroxylation is 1. The van der Waals surface area contributed by atoms with E-state index in [-0.39, 0.29) is 23.8 Å². The smallest absolute Gasteiger partial charge is 0.264 e. The summed E-state index contributed by atoms with van der Waals surface area (Å²) in [7, 11) is -4.18. The van der Waals surface area contributed by atoms with Gasteiger partial charge in [0.15, 0.2) is 0 Å². The van der Waals surface area contributed by atoms with E-state index in [0.717, 1.165) is 4.31 Å². The van der Waals surface area contributed by atoms with Crippen LogP contribution in [0.15, 0.2) is 71.6 Å². The number of carbonyl (C=O) groups excluding carboxylic acids is 2. The van der Waals surface area contributed by atoms with Gasteiger partial charge in [-0.1, -0.05) is 72.9 Å². The van der Waals surface area contributed by atoms with Crippen LogP contribution in [0.3, 0.4) is 0 Å². The average Bonchev–Trinajstić information content (AvgIpc) is 2.92. The van der Waals surface area contributed by atoms with Crippen molar-refractivity contribution < 1.29 is 18.0 Å². The molecule has 1 atom stereocenters. The fourth-order valence-electron chi connectivity index (χ4n) is 4.27. The maximum absolute atomic E-state index is 14.1. The minimum Gasteiger partial charge on any atom is -0.354 e. The monoisotopic (exact) mass is 623 g/mol. The largest absolute Gasteiger partial charge is 0.354 e. The number of halogens is 3. The van der Waals surface area contributed by atoms with Crippen molar-refractivity contribution in [3.63, 3.8) is 0 Å². The van der Waals surface area contributed by atoms with Crippen LogP contribution < -0.4 is 9.62 Å². The minimum atomic E-state index is -4.18. The quantitative estimate of drug-likeness (QED) is 0.250. The van der Waals surface area contributed by atoms with Crippen molar-refractivity contribution >= 4 is 62.3 Å². The summed E-state index contributed by atoms with van der Waals surface area (Å²) in [5, 5.41) is 3.93. The summed E-state index contributed by atoms with van der Waals surface area (Å²) in [6.07, 6.45) is 1.00. The Labute approximate surface area is 251 Å². The van der Waals surface area contributed by atoms with Gasteiger partial charge in [-0.2, -0.15) is 0 Å². The first-order chi connectivity index (χ1) is 19.0. The van der Waals surface area contributed by atoms with Crippen LogP contribution in [0.5, 0.6) is 0 Å². The molecule has 11 heteroatoms. The Morgan fingerprint density at radius 2 is 1.57 bits per heavy atom. The molecule has 0 fully saturated rings. The van der Waals surface area contributed by atoms with E-state index in [0.29, 0.717) is 44.8 Å². The Balaban J connectivity index is 2.11. The Bertz CT molecular complexity index is 1430. The van der Waals surface area contributed by atoms with E-state index < -0.39 is 28.5 Å². The molecule has 0 radical (unpaired) electrons. The third kappa shape index (κ3) is 7.49. The van der Waals surface area contributed by atoms with Gasteiger partial charge in [-0.05, 0) is 67.8 Å². The highest BCUT2D eigenvalue weighted by Crippen LogP contribution is 2.31. The zero-order valence-corrected chi connectivity index (χ0v) is 25.6. The lowest BCUT2D eigenvalue weighted by Gasteiger charge is -2.34. The molecule has 0 saturated carbocycles. The first kappa shape index (κ1) is 31.7. The molecular formula is C29H32Cl3N3O4S. The van der Waals surface area contributed by atoms with Crippen molar-refractivity contribution in [2.24, 2.45) is 0 Å². The maximum Gasteiger partial charge on any atom is 0.264 e. The standard InChI is InChI=1S/C29H32Cl3N3O4S/c1-4-16-33-29(37)26(5-2)34(18-23-24(31)12-9-13-25(23)32)28(36)19-35(27-15-14-21(30)17-20(27)3)40(38,39)22-10-7-6-8-11-22/h6-15,17,26H,4-5,16,18-19H2,1-3H3,(H,33,37)/t26-/m0/s1. The average molecular weight is 625 g/mol. The molecule has 40 heavy (non-hydrogen) atoms. The molecule has 3 aromatic rings. The van der Waals surface area contributed by atoms with Crippen molar-refractivity contribution in [3.05, 3.63) is 92.9 Å². The van der Waals surface area contributed by atoms with Crippen molar-refractivity contribution in [1.82, 2.24) is 10.2 Å². The van der Waals surface area contributed by atoms with Crippen LogP contribution in [0.2, 0.25) is 15.1 Å². The third-order valence-electron chi connectivity index (χ3n) is 6.36. The van der Waals surface area contributed by atoms with Crippen molar-refractivity contribution in [2.45, 2.75) is 51.1 Å². The molecule has 3 aromatic carbocycles. The van der Waals surface area contributed by atoms with Crippen molar-refractivity contribution in [3.8, 4) is 0 Å². The summed E-state index contributed by atoms with van der Waals surface area (Å²) < 4.78 is 28.9. The highest BCUT2D eigenvalue weighted by atomic mass is 35.5. The van der Waals surface area contributed by atoms with Crippen LogP contribution in [0.1, 0.15) is 37.8 Å². The Morgan fingerprint density at radius 3 is 2.15 bits per heavy atom. The van der Waals surface area contributed by atoms with Gasteiger partial charge in [0.2, 0.25) is 11.8 Å². The first-order valence-electron chi connectivity index (χ1n) is 12.8. The van der Waals surface area contributed by atoms with E-state index in [9.17, 15) is 18.0 Å². The van der Waals surface area contributed by atoms with Crippen LogP contribution in [0.25, 0.3) is 0 Å². The predicted molar refractivity (Wildman–Crippen MR) is 162 cm³/mol. The second-order valence-corrected chi connectivity index (χ2v) is 12.3. The molecule has 0 aliphatic carbocycles. The van der Waals surface area contributed by atoms with E-state index in [4.69, 9.17) is 34.8 Å². The van der Waals surface area contributed by atoms with Crippen LogP contribution >= 0.6 is 34.8 Å². The Kier molecular flexibility index (Phi) is 11.3. The number of hydrogen-bond acceptors (Lipinski definition) is 4. The minimum absolute atomic E-state index is 0.0191. The Hall–Kier alpha value is -2.78. The van der Waals surface area contributed by atoms with Gasteiger partial charge < -0.3 is 10.2 Å². The summed E-state index contributed by atoms with van der Waals surface area (Å²) in [5.74, 6) is -0.940. The van der Waals surface area contributed by atoms with E-state index in [1.807, 2.05) is 6.92 Å². The lowest BCUT2D eigenvalue weighted by atomic mass is 10.1. The second kappa shape index (κ2) is 14.2. The van der Waals surface area contributed by atoms with Gasteiger partial charge >= 0.3 is 0 Å². The molecular weight excluding hydrogens is 593 g/mol. The summed E-state index contributed by atoms with van der Waals surface area (Å²) in [5.41, 5.74) is 1.31.